The highest BCUT2D eigenvalue weighted by Crippen LogP contribution is 2.23. The van der Waals surface area contributed by atoms with E-state index in [9.17, 15) is 4.79 Å². The van der Waals surface area contributed by atoms with Crippen LogP contribution in [-0.4, -0.2) is 16.1 Å². The third kappa shape index (κ3) is 2.68. The lowest BCUT2D eigenvalue weighted by atomic mass is 10.1. The van der Waals surface area contributed by atoms with Crippen LogP contribution in [0.4, 0.5) is 5.69 Å². The molecule has 4 nitrogen and oxygen atoms in total. The van der Waals surface area contributed by atoms with Gasteiger partial charge < -0.3 is 10.4 Å². The second-order valence-electron chi connectivity index (χ2n) is 4.01. The Labute approximate surface area is 109 Å². The monoisotopic (exact) mass is 262 g/mol. The Morgan fingerprint density at radius 1 is 1.44 bits per heavy atom. The van der Waals surface area contributed by atoms with Crippen molar-refractivity contribution in [2.24, 2.45) is 0 Å². The van der Waals surface area contributed by atoms with Gasteiger partial charge >= 0.3 is 5.97 Å². The van der Waals surface area contributed by atoms with E-state index in [-0.39, 0.29) is 11.6 Å². The van der Waals surface area contributed by atoms with Gasteiger partial charge in [0.15, 0.2) is 0 Å². The van der Waals surface area contributed by atoms with Gasteiger partial charge in [0, 0.05) is 11.1 Å². The molecule has 0 spiro atoms. The van der Waals surface area contributed by atoms with Crippen LogP contribution in [0.15, 0.2) is 29.6 Å². The van der Waals surface area contributed by atoms with E-state index in [1.807, 2.05) is 25.3 Å². The summed E-state index contributed by atoms with van der Waals surface area (Å²) in [6.07, 6.45) is 0. The zero-order valence-corrected chi connectivity index (χ0v) is 11.0. The van der Waals surface area contributed by atoms with Crippen LogP contribution >= 0.6 is 11.3 Å². The summed E-state index contributed by atoms with van der Waals surface area (Å²) in [5, 5.41) is 15.3. The number of thiazole rings is 1. The van der Waals surface area contributed by atoms with E-state index in [1.54, 1.807) is 29.5 Å². The van der Waals surface area contributed by atoms with E-state index in [2.05, 4.69) is 10.3 Å². The average molecular weight is 262 g/mol. The van der Waals surface area contributed by atoms with Crippen LogP contribution in [-0.2, 0) is 0 Å². The molecule has 1 heterocycles. The molecule has 2 rings (SSSR count). The molecule has 1 unspecified atom stereocenters. The quantitative estimate of drug-likeness (QED) is 0.887. The van der Waals surface area contributed by atoms with Crippen molar-refractivity contribution < 1.29 is 9.90 Å². The summed E-state index contributed by atoms with van der Waals surface area (Å²) in [6, 6.07) is 6.86. The summed E-state index contributed by atoms with van der Waals surface area (Å²) in [6.45, 7) is 3.92. The molecule has 94 valence electrons. The first-order chi connectivity index (χ1) is 8.58. The Morgan fingerprint density at radius 3 is 2.78 bits per heavy atom. The van der Waals surface area contributed by atoms with Gasteiger partial charge in [-0.15, -0.1) is 11.3 Å². The van der Waals surface area contributed by atoms with Gasteiger partial charge in [-0.25, -0.2) is 9.78 Å². The first kappa shape index (κ1) is 12.6. The number of hydrogen-bond donors (Lipinski definition) is 2. The maximum absolute atomic E-state index is 11.1. The molecule has 0 aliphatic heterocycles. The molecular formula is C13H14N2O2S. The first-order valence-corrected chi connectivity index (χ1v) is 6.47. The van der Waals surface area contributed by atoms with Crippen LogP contribution in [0.25, 0.3) is 0 Å². The highest BCUT2D eigenvalue weighted by atomic mass is 32.1. The van der Waals surface area contributed by atoms with Gasteiger partial charge in [0.2, 0.25) is 0 Å². The Balaban J connectivity index is 2.21. The number of anilines is 1. The van der Waals surface area contributed by atoms with Crippen LogP contribution in [0.2, 0.25) is 0 Å². The van der Waals surface area contributed by atoms with E-state index >= 15 is 0 Å². The van der Waals surface area contributed by atoms with Crippen molar-refractivity contribution in [3.8, 4) is 0 Å². The number of hydrogen-bond acceptors (Lipinski definition) is 4. The topological polar surface area (TPSA) is 62.2 Å². The normalized spacial score (nSPS) is 12.1. The van der Waals surface area contributed by atoms with E-state index in [1.165, 1.54) is 0 Å². The molecule has 2 aromatic rings. The summed E-state index contributed by atoms with van der Waals surface area (Å²) in [5.41, 5.74) is 1.82. The summed E-state index contributed by atoms with van der Waals surface area (Å²) in [7, 11) is 0. The lowest BCUT2D eigenvalue weighted by Gasteiger charge is -2.14. The van der Waals surface area contributed by atoms with Crippen LogP contribution in [0.5, 0.6) is 0 Å². The van der Waals surface area contributed by atoms with Crippen LogP contribution in [0.1, 0.15) is 34.0 Å². The number of nitrogens with one attached hydrogen (secondary N) is 1. The number of benzene rings is 1. The van der Waals surface area contributed by atoms with Gasteiger partial charge in [-0.3, -0.25) is 0 Å². The lowest BCUT2D eigenvalue weighted by Crippen LogP contribution is -2.10. The van der Waals surface area contributed by atoms with E-state index in [0.717, 1.165) is 10.7 Å². The molecule has 1 aromatic heterocycles. The summed E-state index contributed by atoms with van der Waals surface area (Å²) in [4.78, 5) is 15.5. The molecule has 2 N–H and O–H groups in total. The molecular weight excluding hydrogens is 248 g/mol. The first-order valence-electron chi connectivity index (χ1n) is 5.59. The highest BCUT2D eigenvalue weighted by Gasteiger charge is 2.13. The third-order valence-corrected chi connectivity index (χ3v) is 3.40. The van der Waals surface area contributed by atoms with Crippen molar-refractivity contribution in [3.63, 3.8) is 0 Å². The molecule has 1 atom stereocenters. The lowest BCUT2D eigenvalue weighted by molar-refractivity contribution is 0.0698. The molecule has 0 saturated carbocycles. The van der Waals surface area contributed by atoms with E-state index in [0.29, 0.717) is 5.69 Å². The van der Waals surface area contributed by atoms with Crippen molar-refractivity contribution >= 4 is 23.0 Å². The Kier molecular flexibility index (Phi) is 3.62. The highest BCUT2D eigenvalue weighted by molar-refractivity contribution is 7.09. The second-order valence-corrected chi connectivity index (χ2v) is 5.07. The Morgan fingerprint density at radius 2 is 2.17 bits per heavy atom. The average Bonchev–Trinajstić information content (AvgIpc) is 2.76. The molecule has 0 fully saturated rings. The van der Waals surface area contributed by atoms with Crippen LogP contribution in [0.3, 0.4) is 0 Å². The maximum atomic E-state index is 11.1. The van der Waals surface area contributed by atoms with Crippen molar-refractivity contribution in [3.05, 3.63) is 45.9 Å². The number of nitrogens with zero attached hydrogens (tertiary/aromatic N) is 1. The van der Waals surface area contributed by atoms with Gasteiger partial charge in [-0.2, -0.15) is 0 Å². The summed E-state index contributed by atoms with van der Waals surface area (Å²) >= 11 is 1.59. The number of carboxylic acid groups (broad SMARTS) is 1. The van der Waals surface area contributed by atoms with Gasteiger partial charge in [0.05, 0.1) is 22.3 Å². The standard InChI is InChI=1S/C13H14N2O2S/c1-8(12-7-18-9(2)15-12)14-11-6-4-3-5-10(11)13(16)17/h3-8,14H,1-2H3,(H,16,17). The molecule has 0 radical (unpaired) electrons. The molecule has 18 heavy (non-hydrogen) atoms. The number of aromatic carboxylic acids is 1. The second kappa shape index (κ2) is 5.18. The molecule has 5 heteroatoms. The van der Waals surface area contributed by atoms with Crippen LogP contribution in [0, 0.1) is 6.92 Å². The predicted molar refractivity (Wildman–Crippen MR) is 72.3 cm³/mol. The molecule has 0 amide bonds. The summed E-state index contributed by atoms with van der Waals surface area (Å²) < 4.78 is 0. The van der Waals surface area contributed by atoms with E-state index in [4.69, 9.17) is 5.11 Å². The molecule has 1 aromatic carbocycles. The minimum atomic E-state index is -0.931. The fourth-order valence-corrected chi connectivity index (χ4v) is 2.39. The Bertz CT molecular complexity index is 566. The van der Waals surface area contributed by atoms with Crippen molar-refractivity contribution in [1.82, 2.24) is 4.98 Å². The number of carbonyl (C=O) groups is 1. The number of carboxylic acids is 1. The van der Waals surface area contributed by atoms with Crippen molar-refractivity contribution in [1.29, 1.82) is 0 Å². The molecule has 0 saturated heterocycles. The maximum Gasteiger partial charge on any atom is 0.337 e. The number of aromatic nitrogens is 1. The zero-order valence-electron chi connectivity index (χ0n) is 10.2. The van der Waals surface area contributed by atoms with Gasteiger partial charge in [0.1, 0.15) is 0 Å². The Hall–Kier alpha value is -1.88. The fraction of sp³-hybridized carbons (Fsp3) is 0.231. The SMILES string of the molecule is Cc1nc(C(C)Nc2ccccc2C(=O)O)cs1. The number of rotatable bonds is 4. The van der Waals surface area contributed by atoms with Gasteiger partial charge in [-0.1, -0.05) is 12.1 Å². The minimum absolute atomic E-state index is 0.0181. The number of aryl methyl sites for hydroxylation is 1. The summed E-state index contributed by atoms with van der Waals surface area (Å²) in [5.74, 6) is -0.931. The van der Waals surface area contributed by atoms with Crippen LogP contribution < -0.4 is 5.32 Å². The van der Waals surface area contributed by atoms with Gasteiger partial charge in [0.25, 0.3) is 0 Å². The predicted octanol–water partition coefficient (Wildman–Crippen LogP) is 3.32. The van der Waals surface area contributed by atoms with E-state index < -0.39 is 5.97 Å². The zero-order chi connectivity index (χ0) is 13.1. The van der Waals surface area contributed by atoms with Gasteiger partial charge in [-0.05, 0) is 26.0 Å². The number of para-hydroxylation sites is 1. The molecule has 0 bridgehead atoms. The third-order valence-electron chi connectivity index (χ3n) is 2.61. The van der Waals surface area contributed by atoms with Crippen molar-refractivity contribution in [2.75, 3.05) is 5.32 Å². The fourth-order valence-electron chi connectivity index (χ4n) is 1.68. The molecule has 0 aliphatic rings. The molecule has 0 aliphatic carbocycles. The minimum Gasteiger partial charge on any atom is -0.478 e. The van der Waals surface area contributed by atoms with Crippen molar-refractivity contribution in [2.45, 2.75) is 19.9 Å². The smallest absolute Gasteiger partial charge is 0.337 e. The largest absolute Gasteiger partial charge is 0.478 e.